The molecule has 216 valence electrons. The Bertz CT molecular complexity index is 2770. The highest BCUT2D eigenvalue weighted by Crippen LogP contribution is 2.53. The van der Waals surface area contributed by atoms with Gasteiger partial charge in [0.25, 0.3) is 11.1 Å². The fourth-order valence-electron chi connectivity index (χ4n) is 8.46. The molecule has 0 unspecified atom stereocenters. The monoisotopic (exact) mass is 591 g/mol. The van der Waals surface area contributed by atoms with Crippen LogP contribution in [-0.4, -0.2) is 14.5 Å². The van der Waals surface area contributed by atoms with Gasteiger partial charge in [-0.3, -0.25) is 19.6 Å². The summed E-state index contributed by atoms with van der Waals surface area (Å²) in [5.74, 6) is 0. The SMILES string of the molecule is Cc1cc(C)c(-n2c(=O)c3c4cc(-c5ccncc5)c5ccc6ccc7c(-c8ccncc8)cc(c3c2=O)c2c7c6c5c42)c(C)c1. The van der Waals surface area contributed by atoms with Gasteiger partial charge in [-0.15, -0.1) is 0 Å². The molecule has 3 heterocycles. The predicted molar refractivity (Wildman–Crippen MR) is 189 cm³/mol. The minimum atomic E-state index is -0.273. The summed E-state index contributed by atoms with van der Waals surface area (Å²) >= 11 is 0. The zero-order chi connectivity index (χ0) is 31.0. The van der Waals surface area contributed by atoms with Crippen molar-refractivity contribution in [3.8, 4) is 27.9 Å². The molecule has 0 spiro atoms. The van der Waals surface area contributed by atoms with Crippen molar-refractivity contribution in [3.63, 3.8) is 0 Å². The van der Waals surface area contributed by atoms with E-state index >= 15 is 0 Å². The lowest BCUT2D eigenvalue weighted by Crippen LogP contribution is -2.25. The summed E-state index contributed by atoms with van der Waals surface area (Å²) in [6.45, 7) is 5.99. The van der Waals surface area contributed by atoms with Crippen molar-refractivity contribution in [2.45, 2.75) is 20.8 Å². The summed E-state index contributed by atoms with van der Waals surface area (Å²) in [7, 11) is 0. The van der Waals surface area contributed by atoms with Crippen LogP contribution in [0.3, 0.4) is 0 Å². The zero-order valence-corrected chi connectivity index (χ0v) is 25.4. The molecule has 46 heavy (non-hydrogen) atoms. The average Bonchev–Trinajstić information content (AvgIpc) is 3.56. The molecule has 0 bridgehead atoms. The van der Waals surface area contributed by atoms with E-state index in [2.05, 4.69) is 46.4 Å². The Labute approximate surface area is 262 Å². The second-order valence-electron chi connectivity index (χ2n) is 12.7. The Morgan fingerprint density at radius 2 is 0.913 bits per heavy atom. The fraction of sp³-hybridized carbons (Fsp3) is 0.0732. The van der Waals surface area contributed by atoms with Gasteiger partial charge >= 0.3 is 0 Å². The van der Waals surface area contributed by atoms with Crippen LogP contribution in [0.4, 0.5) is 0 Å². The van der Waals surface area contributed by atoms with Gasteiger partial charge in [0.05, 0.1) is 16.5 Å². The van der Waals surface area contributed by atoms with E-state index in [-0.39, 0.29) is 11.1 Å². The highest BCUT2D eigenvalue weighted by molar-refractivity contribution is 6.50. The summed E-state index contributed by atoms with van der Waals surface area (Å²) in [4.78, 5) is 38.2. The molecule has 0 fully saturated rings. The number of rotatable bonds is 3. The van der Waals surface area contributed by atoms with Crippen LogP contribution in [0.25, 0.3) is 92.6 Å². The van der Waals surface area contributed by atoms with Crippen molar-refractivity contribution in [2.75, 3.05) is 0 Å². The highest BCUT2D eigenvalue weighted by atomic mass is 16.2. The van der Waals surface area contributed by atoms with Crippen molar-refractivity contribution in [2.24, 2.45) is 0 Å². The number of hydrogen-bond acceptors (Lipinski definition) is 4. The Kier molecular flexibility index (Phi) is 4.75. The van der Waals surface area contributed by atoms with Gasteiger partial charge in [-0.05, 0) is 144 Å². The van der Waals surface area contributed by atoms with Gasteiger partial charge in [-0.25, -0.2) is 4.57 Å². The van der Waals surface area contributed by atoms with Crippen molar-refractivity contribution < 1.29 is 0 Å². The Morgan fingerprint density at radius 1 is 0.478 bits per heavy atom. The molecule has 0 aliphatic rings. The van der Waals surface area contributed by atoms with Gasteiger partial charge in [-0.2, -0.15) is 0 Å². The van der Waals surface area contributed by atoms with Gasteiger partial charge in [0.2, 0.25) is 0 Å². The van der Waals surface area contributed by atoms with Crippen LogP contribution in [-0.2, 0) is 0 Å². The van der Waals surface area contributed by atoms with E-state index < -0.39 is 0 Å². The number of nitrogens with zero attached hydrogens (tertiary/aromatic N) is 3. The molecule has 0 atom stereocenters. The summed E-state index contributed by atoms with van der Waals surface area (Å²) in [6, 6.07) is 25.2. The number of fused-ring (bicyclic) bond motifs is 3. The minimum absolute atomic E-state index is 0.273. The number of pyridine rings is 2. The van der Waals surface area contributed by atoms with Crippen LogP contribution in [0.2, 0.25) is 0 Å². The molecular weight excluding hydrogens is 566 g/mol. The topological polar surface area (TPSA) is 64.8 Å². The van der Waals surface area contributed by atoms with E-state index in [1.165, 1.54) is 9.95 Å². The molecule has 0 aliphatic heterocycles. The van der Waals surface area contributed by atoms with Crippen LogP contribution >= 0.6 is 0 Å². The molecule has 10 rings (SSSR count). The Morgan fingerprint density at radius 3 is 1.37 bits per heavy atom. The van der Waals surface area contributed by atoms with Gasteiger partial charge in [0, 0.05) is 24.8 Å². The first-order valence-corrected chi connectivity index (χ1v) is 15.5. The quantitative estimate of drug-likeness (QED) is 0.193. The second-order valence-corrected chi connectivity index (χ2v) is 12.7. The maximum atomic E-state index is 14.8. The second kappa shape index (κ2) is 8.61. The number of benzene rings is 6. The van der Waals surface area contributed by atoms with Crippen LogP contribution < -0.4 is 11.1 Å². The average molecular weight is 592 g/mol. The first-order valence-electron chi connectivity index (χ1n) is 15.5. The molecule has 0 saturated heterocycles. The smallest absolute Gasteiger partial charge is 0.266 e. The van der Waals surface area contributed by atoms with Gasteiger partial charge in [0.1, 0.15) is 0 Å². The first kappa shape index (κ1) is 25.4. The molecule has 7 aromatic carbocycles. The third-order valence-electron chi connectivity index (χ3n) is 10.1. The maximum absolute atomic E-state index is 14.8. The van der Waals surface area contributed by atoms with E-state index in [1.54, 1.807) is 24.8 Å². The Balaban J connectivity index is 1.53. The van der Waals surface area contributed by atoms with E-state index in [0.717, 1.165) is 87.4 Å². The van der Waals surface area contributed by atoms with Gasteiger partial charge in [-0.1, -0.05) is 42.0 Å². The summed E-state index contributed by atoms with van der Waals surface area (Å²) in [5, 5.41) is 11.6. The first-order chi connectivity index (χ1) is 22.4. The summed E-state index contributed by atoms with van der Waals surface area (Å²) in [5.41, 5.74) is 7.11. The number of aromatic nitrogens is 3. The third-order valence-corrected chi connectivity index (χ3v) is 10.1. The summed E-state index contributed by atoms with van der Waals surface area (Å²) in [6.07, 6.45) is 7.19. The molecule has 0 N–H and O–H groups in total. The summed E-state index contributed by atoms with van der Waals surface area (Å²) < 4.78 is 1.42. The lowest BCUT2D eigenvalue weighted by Gasteiger charge is -2.12. The van der Waals surface area contributed by atoms with Crippen molar-refractivity contribution in [3.05, 3.63) is 135 Å². The van der Waals surface area contributed by atoms with Crippen molar-refractivity contribution in [1.29, 1.82) is 0 Å². The molecule has 10 aromatic rings. The normalized spacial score (nSPS) is 12.4. The molecule has 5 nitrogen and oxygen atoms in total. The van der Waals surface area contributed by atoms with E-state index in [1.807, 2.05) is 57.2 Å². The molecule has 3 aromatic heterocycles. The van der Waals surface area contributed by atoms with Crippen LogP contribution in [0, 0.1) is 20.8 Å². The van der Waals surface area contributed by atoms with Crippen LogP contribution in [0.1, 0.15) is 16.7 Å². The van der Waals surface area contributed by atoms with E-state index in [9.17, 15) is 9.59 Å². The van der Waals surface area contributed by atoms with Crippen molar-refractivity contribution in [1.82, 2.24) is 14.5 Å². The van der Waals surface area contributed by atoms with Gasteiger partial charge in [0.15, 0.2) is 0 Å². The molecule has 0 amide bonds. The molecule has 0 radical (unpaired) electrons. The van der Waals surface area contributed by atoms with E-state index in [4.69, 9.17) is 0 Å². The minimum Gasteiger partial charge on any atom is -0.268 e. The largest absolute Gasteiger partial charge is 0.268 e. The fourth-order valence-corrected chi connectivity index (χ4v) is 8.46. The van der Waals surface area contributed by atoms with E-state index in [0.29, 0.717) is 16.5 Å². The third kappa shape index (κ3) is 3.00. The predicted octanol–water partition coefficient (Wildman–Crippen LogP) is 8.92. The lowest BCUT2D eigenvalue weighted by molar-refractivity contribution is 0.963. The molecule has 0 aliphatic carbocycles. The number of aryl methyl sites for hydroxylation is 3. The highest BCUT2D eigenvalue weighted by Gasteiger charge is 2.30. The zero-order valence-electron chi connectivity index (χ0n) is 25.4. The van der Waals surface area contributed by atoms with Gasteiger partial charge < -0.3 is 0 Å². The standard InChI is InChI=1S/C41H25N3O2/c1-20-16-21(2)39(22(3)17-20)44-40(45)37-30-18-28(23-8-12-42-13-9-23)26-6-4-25-5-7-27-29(24-10-14-43-15-11-24)19-31(38(37)41(44)46)36-34(27)32(25)33(26)35(30)36/h4-19H,1-3H3. The van der Waals surface area contributed by atoms with Crippen molar-refractivity contribution >= 4 is 64.6 Å². The molecular formula is C41H25N3O2. The lowest BCUT2D eigenvalue weighted by atomic mass is 9.89. The molecule has 5 heteroatoms. The van der Waals surface area contributed by atoms with Crippen LogP contribution in [0.5, 0.6) is 0 Å². The maximum Gasteiger partial charge on any atom is 0.266 e. The van der Waals surface area contributed by atoms with Crippen LogP contribution in [0.15, 0.2) is 107 Å². The molecule has 0 saturated carbocycles. The number of hydrogen-bond donors (Lipinski definition) is 0. The Hall–Kier alpha value is -5.94.